The van der Waals surface area contributed by atoms with Crippen molar-refractivity contribution in [2.45, 2.75) is 265 Å². The summed E-state index contributed by atoms with van der Waals surface area (Å²) >= 11 is 0. The first-order valence-corrected chi connectivity index (χ1v) is 51.5. The van der Waals surface area contributed by atoms with E-state index in [1.165, 1.54) is 64.8 Å². The van der Waals surface area contributed by atoms with Crippen LogP contribution in [-0.2, 0) is 99.3 Å². The number of fused-ring (bicyclic) bond motifs is 6. The second-order valence-corrected chi connectivity index (χ2v) is 44.1. The summed E-state index contributed by atoms with van der Waals surface area (Å²) in [7, 11) is -1.19. The maximum absolute atomic E-state index is 13.6. The predicted molar refractivity (Wildman–Crippen MR) is 512 cm³/mol. The molecule has 150 heavy (non-hydrogen) atoms. The molecule has 23 nitrogen and oxygen atoms in total. The van der Waals surface area contributed by atoms with E-state index in [1.807, 2.05) is 54.3 Å². The van der Waals surface area contributed by atoms with E-state index < -0.39 is 134 Å². The number of anilines is 2. The lowest BCUT2D eigenvalue weighted by Crippen LogP contribution is -2.52. The number of carbonyl (C=O) groups excluding carboxylic acids is 7. The lowest BCUT2D eigenvalue weighted by Gasteiger charge is -2.38. The smallest absolute Gasteiger partial charge is 0.369 e. The van der Waals surface area contributed by atoms with Gasteiger partial charge < -0.3 is 54.3 Å². The van der Waals surface area contributed by atoms with E-state index in [-0.39, 0.29) is 229 Å². The van der Waals surface area contributed by atoms with Crippen molar-refractivity contribution in [3.63, 3.8) is 0 Å². The molecule has 5 unspecified atom stereocenters. The molecule has 826 valence electrons. The molecule has 0 bridgehead atoms. The van der Waals surface area contributed by atoms with E-state index in [0.717, 1.165) is 55.3 Å². The minimum absolute atomic E-state index is 0.0217. The van der Waals surface area contributed by atoms with Gasteiger partial charge >= 0.3 is 37.1 Å². The number of carbonyl (C=O) groups is 7. The lowest BCUT2D eigenvalue weighted by molar-refractivity contribution is -0.139. The van der Waals surface area contributed by atoms with Crippen LogP contribution in [0.4, 0.5) is 112 Å². The molecule has 7 amide bonds. The highest BCUT2D eigenvalue weighted by Gasteiger charge is 2.51. The van der Waals surface area contributed by atoms with Gasteiger partial charge in [0.2, 0.25) is 6.43 Å². The van der Waals surface area contributed by atoms with Gasteiger partial charge in [-0.2, -0.15) is 79.0 Å². The Kier molecular flexibility index (Phi) is 34.8. The van der Waals surface area contributed by atoms with Crippen LogP contribution in [0.2, 0.25) is 0 Å². The maximum Gasteiger partial charge on any atom is 0.416 e. The van der Waals surface area contributed by atoms with Crippen LogP contribution >= 0.6 is 0 Å². The Balaban J connectivity index is 0.000000150. The zero-order valence-corrected chi connectivity index (χ0v) is 86.2. The van der Waals surface area contributed by atoms with Crippen molar-refractivity contribution < 1.29 is 143 Å². The largest absolute Gasteiger partial charge is 0.416 e. The first kappa shape index (κ1) is 116. The van der Waals surface area contributed by atoms with E-state index in [9.17, 15) is 143 Å². The van der Waals surface area contributed by atoms with Gasteiger partial charge in [0.15, 0.2) is 9.84 Å². The van der Waals surface area contributed by atoms with Crippen molar-refractivity contribution >= 4 is 62.6 Å². The van der Waals surface area contributed by atoms with Crippen molar-refractivity contribution in [1.82, 2.24) is 59.2 Å². The number of likely N-dealkylation sites (tertiary alicyclic amines) is 4. The molecule has 0 saturated carbocycles. The van der Waals surface area contributed by atoms with Crippen LogP contribution in [0.15, 0.2) is 72.8 Å². The molecule has 0 aromatic heterocycles. The van der Waals surface area contributed by atoms with Crippen LogP contribution in [0.3, 0.4) is 0 Å². The number of amides is 7. The zero-order chi connectivity index (χ0) is 111. The van der Waals surface area contributed by atoms with Gasteiger partial charge in [0.1, 0.15) is 18.5 Å². The number of benzene rings is 6. The molecule has 18 rings (SSSR count). The highest BCUT2D eigenvalue weighted by Crippen LogP contribution is 2.49. The number of halogens is 23. The third-order valence-corrected chi connectivity index (χ3v) is 30.9. The fourth-order valence-electron chi connectivity index (χ4n) is 20.7. The van der Waals surface area contributed by atoms with Crippen LogP contribution in [0.25, 0.3) is 0 Å². The molecule has 47 heteroatoms. The van der Waals surface area contributed by atoms with E-state index >= 15 is 0 Å². The molecule has 0 spiro atoms. The number of hydrogen-bond donors (Lipinski definition) is 1. The molecule has 5 atom stereocenters. The topological polar surface area (TPSA) is 208 Å². The fourth-order valence-corrected chi connectivity index (χ4v) is 21.7. The lowest BCUT2D eigenvalue weighted by atomic mass is 9.95. The van der Waals surface area contributed by atoms with Crippen LogP contribution in [0.5, 0.6) is 0 Å². The summed E-state index contributed by atoms with van der Waals surface area (Å²) in [6.07, 6.45) is -32.1. The van der Waals surface area contributed by atoms with Crippen molar-refractivity contribution in [1.29, 1.82) is 0 Å². The number of alkyl halides is 23. The van der Waals surface area contributed by atoms with Gasteiger partial charge in [-0.05, 0) is 239 Å². The zero-order valence-electron chi connectivity index (χ0n) is 85.4. The van der Waals surface area contributed by atoms with Crippen molar-refractivity contribution in [3.8, 4) is 0 Å². The first-order valence-electron chi connectivity index (χ1n) is 49.6. The molecule has 0 aliphatic carbocycles. The molecule has 6 aromatic rings. The van der Waals surface area contributed by atoms with E-state index in [1.54, 1.807) is 80.5 Å². The molecular weight excluding hydrogens is 2050 g/mol. The summed E-state index contributed by atoms with van der Waals surface area (Å²) in [4.78, 5) is 108. The summed E-state index contributed by atoms with van der Waals surface area (Å²) in [6, 6.07) is 13.8. The Labute approximate surface area is 854 Å². The third-order valence-electron chi connectivity index (χ3n) is 29.3. The first-order chi connectivity index (χ1) is 69.5. The van der Waals surface area contributed by atoms with Gasteiger partial charge in [0.05, 0.1) is 44.5 Å². The Morgan fingerprint density at radius 3 is 1.01 bits per heavy atom. The summed E-state index contributed by atoms with van der Waals surface area (Å²) < 4.78 is 332. The number of hydrogen-bond acceptors (Lipinski definition) is 16. The quantitative estimate of drug-likeness (QED) is 0.0842. The second kappa shape index (κ2) is 44.8. The van der Waals surface area contributed by atoms with Crippen molar-refractivity contribution in [2.24, 2.45) is 5.92 Å². The summed E-state index contributed by atoms with van der Waals surface area (Å²) in [5, 5.41) is 2.68. The van der Waals surface area contributed by atoms with Crippen molar-refractivity contribution in [3.05, 3.63) is 195 Å². The Bertz CT molecular complexity index is 6140. The molecule has 12 aliphatic heterocycles. The van der Waals surface area contributed by atoms with Crippen LogP contribution < -0.4 is 15.1 Å². The molecule has 0 radical (unpaired) electrons. The molecule has 12 heterocycles. The normalized spacial score (nSPS) is 20.8. The van der Waals surface area contributed by atoms with Gasteiger partial charge in [0.25, 0.3) is 41.4 Å². The fraction of sp³-hybridized carbons (Fsp3) is 0.583. The Morgan fingerprint density at radius 1 is 0.367 bits per heavy atom. The SMILES string of the molecule is CC(C)N1Cc2c(cc(C(=O)N3CC(C(F)F)C3)cc2C(F)(F)F)C1=O.CC(C)N1Cc2c(cc(CN3CC(F)C(F)C3)cc2C(F)(F)F)C1=O.CC(C)N1Cc2c(cc(CN3CCC(S(C)(=O)=O)C3)cc2C(F)(F)F)C1=O.CC(C)N1Cc2c(cc(N3CCN(C)CC3)cc2C(F)(F)F)C1=O.CC(C)N1Cc2c(cc(N3CCNCC3)cc2C(F)(F)F)C1=O.CC(c1cc2c(c(C(F)(F)F)c1)CN(C(C)C)C2=O)N1CCC(F)C1. The van der Waals surface area contributed by atoms with Gasteiger partial charge in [-0.15, -0.1) is 0 Å². The predicted octanol–water partition coefficient (Wildman–Crippen LogP) is 19.1. The van der Waals surface area contributed by atoms with E-state index in [0.29, 0.717) is 87.2 Å². The standard InChI is InChI=1S/C18H22F4N2O.C18H23F3N2O3S.C17H17F5N2O2.C17H19F5N2O.C17H22F3N3O.C16H20F3N3O/c1-10(2)24-9-15-14(17(24)25)6-12(7-16(15)18(20,21)22)11(3)23-5-4-13(19)8-23;1-11(2)23-10-15-14(17(23)24)6-12(7-16(15)18(19,20)21)8-22-5-4-13(9-22)27(3,25)26;1-8(2)24-7-12-11(16(24)26)3-9(4-13(12)17(20,21)22)15(25)23-5-10(6-23)14(18)19;1-9(2)24-6-12-11(16(24)25)3-10(4-13(12)17(20,21)22)5-23-7-14(18)15(19)8-23;1-11(2)23-10-14-13(16(23)24)8-12(9-15(14)17(18,19)20)22-6-4-21(3)5-7-22;1-10(2)22-9-13-12(15(22)23)7-11(8-14(13)16(17,18)19)21-5-3-20-4-6-21/h6-7,10-11,13H,4-5,8-9H2,1-3H3;6-7,11,13H,4-5,8-10H2,1-3H3;3-4,8,10,14H,5-7H2,1-2H3;3-4,9,14-15H,5-8H2,1-2H3;8-9,11H,4-7,10H2,1-3H3;7-8,10,20H,3-6,9H2,1-2H3. The van der Waals surface area contributed by atoms with Crippen LogP contribution in [0, 0.1) is 5.92 Å². The Hall–Kier alpha value is -10.7. The third kappa shape index (κ3) is 25.7. The Morgan fingerprint density at radius 2 is 0.687 bits per heavy atom. The molecule has 6 aromatic carbocycles. The minimum atomic E-state index is -4.73. The van der Waals surface area contributed by atoms with Crippen LogP contribution in [-0.4, -0.2) is 288 Å². The number of piperazine rings is 2. The van der Waals surface area contributed by atoms with E-state index in [2.05, 4.69) is 10.2 Å². The highest BCUT2D eigenvalue weighted by molar-refractivity contribution is 7.91. The molecule has 6 fully saturated rings. The number of nitrogens with one attached hydrogen (secondary N) is 1. The molecular formula is C103H123F23N14O9S. The highest BCUT2D eigenvalue weighted by atomic mass is 32.2. The monoisotopic (exact) mass is 2170 g/mol. The van der Waals surface area contributed by atoms with Crippen LogP contribution in [0.1, 0.15) is 265 Å². The molecule has 12 aliphatic rings. The summed E-state index contributed by atoms with van der Waals surface area (Å²) in [5.41, 5.74) is -2.41. The summed E-state index contributed by atoms with van der Waals surface area (Å²) in [5.74, 6) is -4.11. The minimum Gasteiger partial charge on any atom is -0.369 e. The molecule has 6 saturated heterocycles. The van der Waals surface area contributed by atoms with Gasteiger partial charge in [0, 0.05) is 249 Å². The van der Waals surface area contributed by atoms with Crippen molar-refractivity contribution in [2.75, 3.05) is 128 Å². The number of rotatable bonds is 17. The van der Waals surface area contributed by atoms with E-state index in [4.69, 9.17) is 0 Å². The van der Waals surface area contributed by atoms with Gasteiger partial charge in [-0.3, -0.25) is 48.3 Å². The van der Waals surface area contributed by atoms with Gasteiger partial charge in [-0.25, -0.2) is 30.4 Å². The molecule has 1 N–H and O–H groups in total. The second-order valence-electron chi connectivity index (χ2n) is 41.8. The number of sulfone groups is 1. The average molecular weight is 2170 g/mol. The number of likely N-dealkylation sites (N-methyl/N-ethyl adjacent to an activating group) is 1. The average Bonchev–Trinajstić information content (AvgIpc) is 1.57. The summed E-state index contributed by atoms with van der Waals surface area (Å²) in [6.45, 7) is 29.3. The van der Waals surface area contributed by atoms with Gasteiger partial charge in [-0.1, -0.05) is 0 Å². The maximum atomic E-state index is 13.6. The number of nitrogens with zero attached hydrogens (tertiary/aromatic N) is 13.